The van der Waals surface area contributed by atoms with E-state index in [2.05, 4.69) is 27.7 Å². The molecule has 2 N–H and O–H groups in total. The third kappa shape index (κ3) is 10.8. The molecule has 0 aromatic rings. The van der Waals surface area contributed by atoms with Gasteiger partial charge >= 0.3 is 0 Å². The number of nitrogens with zero attached hydrogens (tertiary/aromatic N) is 1. The number of hydrogen-bond acceptors (Lipinski definition) is 2. The van der Waals surface area contributed by atoms with Crippen LogP contribution in [0.4, 0.5) is 0 Å². The molecule has 0 aliphatic carbocycles. The Morgan fingerprint density at radius 1 is 0.765 bits per heavy atom. The fourth-order valence-corrected chi connectivity index (χ4v) is 1.93. The molecule has 0 saturated heterocycles. The zero-order valence-electron chi connectivity index (χ0n) is 12.6. The number of hydrogen-bond donors (Lipinski definition) is 1. The fraction of sp³-hybridized carbons (Fsp3) is 1.00. The molecule has 0 rings (SSSR count). The molecule has 0 radical (unpaired) electrons. The van der Waals surface area contributed by atoms with Crippen LogP contribution in [0, 0.1) is 0 Å². The second-order valence-corrected chi connectivity index (χ2v) is 6.19. The Kier molecular flexibility index (Phi) is 9.85. The molecule has 0 atom stereocenters. The largest absolute Gasteiger partial charge is 0.268 e. The number of rotatable bonds is 10. The molecule has 17 heavy (non-hydrogen) atoms. The van der Waals surface area contributed by atoms with Crippen LogP contribution in [-0.2, 0) is 0 Å². The maximum atomic E-state index is 5.98. The van der Waals surface area contributed by atoms with Gasteiger partial charge < -0.3 is 0 Å². The van der Waals surface area contributed by atoms with Gasteiger partial charge in [0, 0.05) is 12.1 Å². The van der Waals surface area contributed by atoms with E-state index < -0.39 is 0 Å². The van der Waals surface area contributed by atoms with Gasteiger partial charge in [0.25, 0.3) is 0 Å². The van der Waals surface area contributed by atoms with Gasteiger partial charge in [-0.3, -0.25) is 5.84 Å². The van der Waals surface area contributed by atoms with Crippen LogP contribution >= 0.6 is 0 Å². The van der Waals surface area contributed by atoms with Crippen LogP contribution < -0.4 is 5.84 Å². The molecular formula is C15H34N2. The van der Waals surface area contributed by atoms with Crippen molar-refractivity contribution < 1.29 is 0 Å². The van der Waals surface area contributed by atoms with Gasteiger partial charge in [-0.1, -0.05) is 58.3 Å². The lowest BCUT2D eigenvalue weighted by molar-refractivity contribution is 0.135. The fourth-order valence-electron chi connectivity index (χ4n) is 1.93. The van der Waals surface area contributed by atoms with Gasteiger partial charge in [0.15, 0.2) is 0 Å². The molecule has 0 aromatic heterocycles. The van der Waals surface area contributed by atoms with Crippen molar-refractivity contribution in [3.8, 4) is 0 Å². The Balaban J connectivity index is 3.19. The van der Waals surface area contributed by atoms with Gasteiger partial charge in [0.05, 0.1) is 0 Å². The molecule has 2 heteroatoms. The van der Waals surface area contributed by atoms with Crippen molar-refractivity contribution in [3.63, 3.8) is 0 Å². The Bertz CT molecular complexity index is 161. The monoisotopic (exact) mass is 242 g/mol. The first-order valence-corrected chi connectivity index (χ1v) is 7.51. The van der Waals surface area contributed by atoms with Crippen molar-refractivity contribution >= 4 is 0 Å². The molecule has 0 fully saturated rings. The average molecular weight is 242 g/mol. The van der Waals surface area contributed by atoms with Crippen molar-refractivity contribution in [3.05, 3.63) is 0 Å². The Labute approximate surface area is 109 Å². The van der Waals surface area contributed by atoms with Crippen molar-refractivity contribution in [2.75, 3.05) is 6.54 Å². The molecule has 0 aliphatic rings. The molecule has 0 bridgehead atoms. The predicted octanol–water partition coefficient (Wildman–Crippen LogP) is 4.49. The molecular weight excluding hydrogens is 208 g/mol. The third-order valence-corrected chi connectivity index (χ3v) is 3.36. The Hall–Kier alpha value is -0.0800. The highest BCUT2D eigenvalue weighted by Crippen LogP contribution is 2.12. The quantitative estimate of drug-likeness (QED) is 0.347. The van der Waals surface area contributed by atoms with Crippen molar-refractivity contribution in [2.45, 2.75) is 91.0 Å². The lowest BCUT2D eigenvalue weighted by Gasteiger charge is -2.31. The van der Waals surface area contributed by atoms with E-state index in [1.54, 1.807) is 0 Å². The summed E-state index contributed by atoms with van der Waals surface area (Å²) in [5, 5.41) is 1.97. The predicted molar refractivity (Wildman–Crippen MR) is 77.9 cm³/mol. The molecule has 104 valence electrons. The SMILES string of the molecule is CCCCCCCCCCCN(N)C(C)(C)C. The Morgan fingerprint density at radius 2 is 1.18 bits per heavy atom. The lowest BCUT2D eigenvalue weighted by Crippen LogP contribution is -2.46. The number of hydrazine groups is 1. The minimum absolute atomic E-state index is 0.111. The van der Waals surface area contributed by atoms with Crippen molar-refractivity contribution in [2.24, 2.45) is 5.84 Å². The van der Waals surface area contributed by atoms with Gasteiger partial charge in [-0.2, -0.15) is 0 Å². The van der Waals surface area contributed by atoms with Crippen LogP contribution in [0.5, 0.6) is 0 Å². The van der Waals surface area contributed by atoms with Gasteiger partial charge in [-0.25, -0.2) is 5.01 Å². The number of unbranched alkanes of at least 4 members (excludes halogenated alkanes) is 8. The summed E-state index contributed by atoms with van der Waals surface area (Å²) < 4.78 is 0. The molecule has 2 nitrogen and oxygen atoms in total. The smallest absolute Gasteiger partial charge is 0.0267 e. The van der Waals surface area contributed by atoms with E-state index in [1.165, 1.54) is 57.8 Å². The van der Waals surface area contributed by atoms with Gasteiger partial charge in [-0.05, 0) is 27.2 Å². The highest BCUT2D eigenvalue weighted by atomic mass is 15.4. The van der Waals surface area contributed by atoms with Crippen LogP contribution in [-0.4, -0.2) is 17.1 Å². The van der Waals surface area contributed by atoms with Crippen LogP contribution in [0.25, 0.3) is 0 Å². The summed E-state index contributed by atoms with van der Waals surface area (Å²) in [4.78, 5) is 0. The first-order chi connectivity index (χ1) is 7.98. The second kappa shape index (κ2) is 9.90. The van der Waals surface area contributed by atoms with E-state index in [0.29, 0.717) is 0 Å². The summed E-state index contributed by atoms with van der Waals surface area (Å²) >= 11 is 0. The molecule has 0 amide bonds. The first-order valence-electron chi connectivity index (χ1n) is 7.51. The second-order valence-electron chi connectivity index (χ2n) is 6.19. The maximum absolute atomic E-state index is 5.98. The summed E-state index contributed by atoms with van der Waals surface area (Å²) in [6.45, 7) is 9.80. The summed E-state index contributed by atoms with van der Waals surface area (Å²) in [6.07, 6.45) is 12.4. The average Bonchev–Trinajstić information content (AvgIpc) is 2.25. The van der Waals surface area contributed by atoms with Crippen molar-refractivity contribution in [1.29, 1.82) is 0 Å². The lowest BCUT2D eigenvalue weighted by atomic mass is 10.1. The minimum atomic E-state index is 0.111. The summed E-state index contributed by atoms with van der Waals surface area (Å²) in [7, 11) is 0. The first kappa shape index (κ1) is 16.9. The summed E-state index contributed by atoms with van der Waals surface area (Å²) in [6, 6.07) is 0. The molecule has 0 aromatic carbocycles. The van der Waals surface area contributed by atoms with Crippen LogP contribution in [0.3, 0.4) is 0 Å². The number of nitrogens with two attached hydrogens (primary N) is 1. The van der Waals surface area contributed by atoms with E-state index in [9.17, 15) is 0 Å². The molecule has 0 heterocycles. The molecule has 0 aliphatic heterocycles. The zero-order chi connectivity index (χ0) is 13.1. The highest BCUT2D eigenvalue weighted by Gasteiger charge is 2.16. The van der Waals surface area contributed by atoms with E-state index in [0.717, 1.165) is 6.54 Å². The van der Waals surface area contributed by atoms with Gasteiger partial charge in [0.1, 0.15) is 0 Å². The summed E-state index contributed by atoms with van der Waals surface area (Å²) in [5.74, 6) is 5.98. The zero-order valence-corrected chi connectivity index (χ0v) is 12.6. The normalized spacial score (nSPS) is 12.4. The standard InChI is InChI=1S/C15H34N2/c1-5-6-7-8-9-10-11-12-13-14-17(16)15(2,3)4/h5-14,16H2,1-4H3. The van der Waals surface area contributed by atoms with E-state index in [-0.39, 0.29) is 5.54 Å². The summed E-state index contributed by atoms with van der Waals surface area (Å²) in [5.41, 5.74) is 0.111. The highest BCUT2D eigenvalue weighted by molar-refractivity contribution is 4.70. The molecule has 0 unspecified atom stereocenters. The van der Waals surface area contributed by atoms with Gasteiger partial charge in [0.2, 0.25) is 0 Å². The minimum Gasteiger partial charge on any atom is -0.268 e. The maximum Gasteiger partial charge on any atom is 0.0267 e. The van der Waals surface area contributed by atoms with E-state index >= 15 is 0 Å². The van der Waals surface area contributed by atoms with Crippen LogP contribution in [0.1, 0.15) is 85.5 Å². The topological polar surface area (TPSA) is 29.3 Å². The van der Waals surface area contributed by atoms with Gasteiger partial charge in [-0.15, -0.1) is 0 Å². The molecule has 0 spiro atoms. The van der Waals surface area contributed by atoms with E-state index in [1.807, 2.05) is 5.01 Å². The van der Waals surface area contributed by atoms with E-state index in [4.69, 9.17) is 5.84 Å². The van der Waals surface area contributed by atoms with Crippen molar-refractivity contribution in [1.82, 2.24) is 5.01 Å². The van der Waals surface area contributed by atoms with Crippen LogP contribution in [0.15, 0.2) is 0 Å². The molecule has 0 saturated carbocycles. The van der Waals surface area contributed by atoms with Crippen LogP contribution in [0.2, 0.25) is 0 Å². The Morgan fingerprint density at radius 3 is 1.59 bits per heavy atom. The third-order valence-electron chi connectivity index (χ3n) is 3.36.